The van der Waals surface area contributed by atoms with Crippen molar-refractivity contribution < 1.29 is 17.9 Å². The molecule has 2 aromatic rings. The monoisotopic (exact) mass is 267 g/mol. The van der Waals surface area contributed by atoms with E-state index in [2.05, 4.69) is 4.98 Å². The summed E-state index contributed by atoms with van der Waals surface area (Å²) in [5, 5.41) is 0. The second-order valence-electron chi connectivity index (χ2n) is 3.95. The Kier molecular flexibility index (Phi) is 3.74. The summed E-state index contributed by atoms with van der Waals surface area (Å²) < 4.78 is 43.5. The van der Waals surface area contributed by atoms with Gasteiger partial charge in [-0.15, -0.1) is 0 Å². The quantitative estimate of drug-likeness (QED) is 0.819. The van der Waals surface area contributed by atoms with Crippen molar-refractivity contribution in [2.45, 2.75) is 19.5 Å². The Balaban J connectivity index is 2.28. The van der Waals surface area contributed by atoms with E-state index in [0.29, 0.717) is 0 Å². The lowest BCUT2D eigenvalue weighted by atomic mass is 10.2. The van der Waals surface area contributed by atoms with Crippen molar-refractivity contribution in [3.8, 4) is 11.6 Å². The molecule has 0 unspecified atom stereocenters. The zero-order chi connectivity index (χ0) is 13.9. The summed E-state index contributed by atoms with van der Waals surface area (Å²) in [6.45, 7) is 1.97. The van der Waals surface area contributed by atoms with Crippen LogP contribution < -0.4 is 4.74 Å². The Hall–Kier alpha value is -2.04. The van der Waals surface area contributed by atoms with Gasteiger partial charge < -0.3 is 4.74 Å². The number of hydrogen-bond donors (Lipinski definition) is 0. The van der Waals surface area contributed by atoms with E-state index in [4.69, 9.17) is 4.74 Å². The molecular weight excluding hydrogens is 255 g/mol. The fraction of sp³-hybridized carbons (Fsp3) is 0.214. The standard InChI is InChI=1S/C14H12F3NO/c1-2-10-7-8-13(18-9-10)19-12-6-4-3-5-11(12)14(15,16)17/h3-9H,2H2,1H3. The third-order valence-corrected chi connectivity index (χ3v) is 2.61. The van der Waals surface area contributed by atoms with E-state index in [9.17, 15) is 13.2 Å². The first-order chi connectivity index (χ1) is 9.00. The lowest BCUT2D eigenvalue weighted by Crippen LogP contribution is -2.07. The first-order valence-electron chi connectivity index (χ1n) is 5.79. The van der Waals surface area contributed by atoms with E-state index in [1.807, 2.05) is 6.92 Å². The first kappa shape index (κ1) is 13.4. The Morgan fingerprint density at radius 3 is 2.42 bits per heavy atom. The molecule has 100 valence electrons. The maximum atomic E-state index is 12.8. The van der Waals surface area contributed by atoms with Crippen molar-refractivity contribution in [1.29, 1.82) is 0 Å². The summed E-state index contributed by atoms with van der Waals surface area (Å²) >= 11 is 0. The minimum Gasteiger partial charge on any atom is -0.438 e. The molecule has 5 heteroatoms. The highest BCUT2D eigenvalue weighted by atomic mass is 19.4. The third kappa shape index (κ3) is 3.24. The molecule has 0 atom stereocenters. The molecule has 0 aliphatic carbocycles. The molecule has 1 aromatic carbocycles. The summed E-state index contributed by atoms with van der Waals surface area (Å²) in [5.74, 6) is -0.0966. The number of aromatic nitrogens is 1. The smallest absolute Gasteiger partial charge is 0.419 e. The van der Waals surface area contributed by atoms with E-state index in [-0.39, 0.29) is 11.6 Å². The lowest BCUT2D eigenvalue weighted by Gasteiger charge is -2.12. The molecule has 1 heterocycles. The zero-order valence-corrected chi connectivity index (χ0v) is 10.2. The van der Waals surface area contributed by atoms with Gasteiger partial charge in [-0.1, -0.05) is 25.1 Å². The Morgan fingerprint density at radius 2 is 1.84 bits per heavy atom. The SMILES string of the molecule is CCc1ccc(Oc2ccccc2C(F)(F)F)nc1. The van der Waals surface area contributed by atoms with Crippen LogP contribution in [-0.2, 0) is 12.6 Å². The molecular formula is C14H12F3NO. The van der Waals surface area contributed by atoms with Gasteiger partial charge in [-0.25, -0.2) is 4.98 Å². The van der Waals surface area contributed by atoms with Crippen LogP contribution in [0.4, 0.5) is 13.2 Å². The van der Waals surface area contributed by atoms with Gasteiger partial charge >= 0.3 is 6.18 Å². The normalized spacial score (nSPS) is 11.4. The molecule has 0 saturated carbocycles. The van der Waals surface area contributed by atoms with Crippen LogP contribution in [0.5, 0.6) is 11.6 Å². The van der Waals surface area contributed by atoms with E-state index in [1.165, 1.54) is 18.2 Å². The fourth-order valence-electron chi connectivity index (χ4n) is 1.58. The number of ether oxygens (including phenoxy) is 1. The Bertz CT molecular complexity index is 549. The molecule has 0 saturated heterocycles. The minimum atomic E-state index is -4.44. The molecule has 2 rings (SSSR count). The topological polar surface area (TPSA) is 22.1 Å². The predicted octanol–water partition coefficient (Wildman–Crippen LogP) is 4.46. The number of para-hydroxylation sites is 1. The van der Waals surface area contributed by atoms with E-state index < -0.39 is 11.7 Å². The number of pyridine rings is 1. The number of benzene rings is 1. The predicted molar refractivity (Wildman–Crippen MR) is 65.1 cm³/mol. The van der Waals surface area contributed by atoms with Gasteiger partial charge in [-0.05, 0) is 24.1 Å². The minimum absolute atomic E-state index is 0.147. The number of rotatable bonds is 3. The summed E-state index contributed by atoms with van der Waals surface area (Å²) in [7, 11) is 0. The van der Waals surface area contributed by atoms with Crippen LogP contribution in [0.2, 0.25) is 0 Å². The van der Waals surface area contributed by atoms with Crippen LogP contribution in [0.3, 0.4) is 0 Å². The molecule has 0 spiro atoms. The summed E-state index contributed by atoms with van der Waals surface area (Å²) in [6.07, 6.45) is -2.04. The molecule has 1 aromatic heterocycles. The van der Waals surface area contributed by atoms with Crippen LogP contribution in [0, 0.1) is 0 Å². The van der Waals surface area contributed by atoms with Gasteiger partial charge in [-0.2, -0.15) is 13.2 Å². The average molecular weight is 267 g/mol. The molecule has 0 N–H and O–H groups in total. The second kappa shape index (κ2) is 5.30. The Labute approximate surface area is 108 Å². The van der Waals surface area contributed by atoms with Crippen LogP contribution >= 0.6 is 0 Å². The van der Waals surface area contributed by atoms with Gasteiger partial charge in [0.25, 0.3) is 0 Å². The highest BCUT2D eigenvalue weighted by molar-refractivity contribution is 5.38. The average Bonchev–Trinajstić information content (AvgIpc) is 2.39. The summed E-state index contributed by atoms with van der Waals surface area (Å²) in [4.78, 5) is 3.98. The van der Waals surface area contributed by atoms with Gasteiger partial charge in [0.05, 0.1) is 5.56 Å². The van der Waals surface area contributed by atoms with Crippen LogP contribution in [-0.4, -0.2) is 4.98 Å². The maximum absolute atomic E-state index is 12.8. The van der Waals surface area contributed by atoms with Crippen molar-refractivity contribution in [2.75, 3.05) is 0 Å². The maximum Gasteiger partial charge on any atom is 0.419 e. The second-order valence-corrected chi connectivity index (χ2v) is 3.95. The van der Waals surface area contributed by atoms with Gasteiger partial charge in [-0.3, -0.25) is 0 Å². The molecule has 0 amide bonds. The van der Waals surface area contributed by atoms with E-state index >= 15 is 0 Å². The number of halogens is 3. The number of nitrogens with zero attached hydrogens (tertiary/aromatic N) is 1. The molecule has 0 bridgehead atoms. The van der Waals surface area contributed by atoms with Crippen molar-refractivity contribution >= 4 is 0 Å². The highest BCUT2D eigenvalue weighted by Gasteiger charge is 2.34. The number of hydrogen-bond acceptors (Lipinski definition) is 2. The largest absolute Gasteiger partial charge is 0.438 e. The van der Waals surface area contributed by atoms with Crippen LogP contribution in [0.25, 0.3) is 0 Å². The van der Waals surface area contributed by atoms with Crippen molar-refractivity contribution in [3.05, 3.63) is 53.7 Å². The van der Waals surface area contributed by atoms with Gasteiger partial charge in [0.15, 0.2) is 0 Å². The summed E-state index contributed by atoms with van der Waals surface area (Å²) in [6, 6.07) is 8.41. The highest BCUT2D eigenvalue weighted by Crippen LogP contribution is 2.37. The van der Waals surface area contributed by atoms with E-state index in [0.717, 1.165) is 18.1 Å². The van der Waals surface area contributed by atoms with Gasteiger partial charge in [0.2, 0.25) is 5.88 Å². The third-order valence-electron chi connectivity index (χ3n) is 2.61. The van der Waals surface area contributed by atoms with Crippen LogP contribution in [0.15, 0.2) is 42.6 Å². The van der Waals surface area contributed by atoms with Crippen molar-refractivity contribution in [1.82, 2.24) is 4.98 Å². The zero-order valence-electron chi connectivity index (χ0n) is 10.2. The summed E-state index contributed by atoms with van der Waals surface area (Å²) in [5.41, 5.74) is 0.188. The molecule has 0 aliphatic heterocycles. The first-order valence-corrected chi connectivity index (χ1v) is 5.79. The fourth-order valence-corrected chi connectivity index (χ4v) is 1.58. The molecule has 0 aliphatic rings. The number of aryl methyl sites for hydroxylation is 1. The van der Waals surface area contributed by atoms with Crippen LogP contribution in [0.1, 0.15) is 18.1 Å². The molecule has 0 radical (unpaired) electrons. The Morgan fingerprint density at radius 1 is 1.11 bits per heavy atom. The number of alkyl halides is 3. The molecule has 2 nitrogen and oxygen atoms in total. The molecule has 19 heavy (non-hydrogen) atoms. The lowest BCUT2D eigenvalue weighted by molar-refractivity contribution is -0.138. The van der Waals surface area contributed by atoms with E-state index in [1.54, 1.807) is 18.3 Å². The van der Waals surface area contributed by atoms with Gasteiger partial charge in [0.1, 0.15) is 5.75 Å². The van der Waals surface area contributed by atoms with Crippen molar-refractivity contribution in [3.63, 3.8) is 0 Å². The van der Waals surface area contributed by atoms with Crippen molar-refractivity contribution in [2.24, 2.45) is 0 Å². The molecule has 0 fully saturated rings. The van der Waals surface area contributed by atoms with Gasteiger partial charge in [0, 0.05) is 12.3 Å².